The standard InChI is InChI=1S/C8H8AsClNO4S/c1-9-5-2-4(8(12)13)3-6(7(5)10)16(11,14)15/h2-3H,1H3,(H,12,13)(H2,11,14,15). The molecule has 0 saturated carbocycles. The molecular weight excluding hydrogens is 317 g/mol. The summed E-state index contributed by atoms with van der Waals surface area (Å²) in [6.07, 6.45) is 0. The van der Waals surface area contributed by atoms with Crippen molar-refractivity contribution >= 4 is 47.7 Å². The van der Waals surface area contributed by atoms with Crippen LogP contribution < -0.4 is 9.49 Å². The van der Waals surface area contributed by atoms with Gasteiger partial charge in [0.05, 0.1) is 0 Å². The van der Waals surface area contributed by atoms with Gasteiger partial charge < -0.3 is 0 Å². The molecule has 87 valence electrons. The van der Waals surface area contributed by atoms with E-state index in [0.29, 0.717) is 4.35 Å². The monoisotopic (exact) mass is 324 g/mol. The van der Waals surface area contributed by atoms with Crippen molar-refractivity contribution in [2.24, 2.45) is 5.14 Å². The van der Waals surface area contributed by atoms with Crippen LogP contribution >= 0.6 is 11.6 Å². The zero-order chi connectivity index (χ0) is 12.5. The third-order valence-corrected chi connectivity index (χ3v) is 5.31. The van der Waals surface area contributed by atoms with Crippen LogP contribution in [-0.2, 0) is 10.0 Å². The Bertz CT molecular complexity index is 543. The Morgan fingerprint density at radius 3 is 2.44 bits per heavy atom. The molecule has 0 aliphatic rings. The molecule has 1 rings (SSSR count). The Morgan fingerprint density at radius 1 is 1.50 bits per heavy atom. The van der Waals surface area contributed by atoms with Crippen LogP contribution in [-0.4, -0.2) is 35.2 Å². The first-order chi connectivity index (χ1) is 7.27. The molecule has 0 amide bonds. The molecule has 16 heavy (non-hydrogen) atoms. The fraction of sp³-hybridized carbons (Fsp3) is 0.125. The molecule has 0 fully saturated rings. The SMILES string of the molecule is C[As]c1cc(C(=O)O)cc(S(N)(=O)=O)c1Cl. The molecule has 0 saturated heterocycles. The van der Waals surface area contributed by atoms with E-state index in [1.54, 1.807) is 0 Å². The summed E-state index contributed by atoms with van der Waals surface area (Å²) in [6.45, 7) is 0. The molecule has 3 N–H and O–H groups in total. The van der Waals surface area contributed by atoms with Gasteiger partial charge in [0.1, 0.15) is 0 Å². The Morgan fingerprint density at radius 2 is 2.06 bits per heavy atom. The summed E-state index contributed by atoms with van der Waals surface area (Å²) in [7, 11) is -4.00. The zero-order valence-corrected chi connectivity index (χ0v) is 11.6. The van der Waals surface area contributed by atoms with Gasteiger partial charge in [0.2, 0.25) is 0 Å². The van der Waals surface area contributed by atoms with Crippen molar-refractivity contribution in [3.63, 3.8) is 0 Å². The third kappa shape index (κ3) is 2.77. The van der Waals surface area contributed by atoms with Gasteiger partial charge >= 0.3 is 104 Å². The maximum atomic E-state index is 11.2. The van der Waals surface area contributed by atoms with E-state index < -0.39 is 31.7 Å². The first kappa shape index (κ1) is 13.5. The number of sulfonamides is 1. The summed E-state index contributed by atoms with van der Waals surface area (Å²) in [6, 6.07) is 2.35. The number of carbonyl (C=O) groups is 1. The maximum absolute atomic E-state index is 11.2. The van der Waals surface area contributed by atoms with Crippen LogP contribution in [0, 0.1) is 0 Å². The molecular formula is C8H8AsClNO4S. The van der Waals surface area contributed by atoms with Crippen molar-refractivity contribution < 1.29 is 18.3 Å². The number of carboxylic acids is 1. The fourth-order valence-corrected chi connectivity index (χ4v) is 3.99. The molecule has 0 unspecified atom stereocenters. The normalized spacial score (nSPS) is 12.2. The number of carboxylic acid groups (broad SMARTS) is 1. The topological polar surface area (TPSA) is 97.5 Å². The summed E-state index contributed by atoms with van der Waals surface area (Å²) < 4.78 is 22.9. The van der Waals surface area contributed by atoms with Gasteiger partial charge in [-0.3, -0.25) is 0 Å². The van der Waals surface area contributed by atoms with E-state index in [4.69, 9.17) is 21.8 Å². The number of rotatable bonds is 3. The Labute approximate surface area is 104 Å². The summed E-state index contributed by atoms with van der Waals surface area (Å²) >= 11 is 5.45. The average Bonchev–Trinajstić information content (AvgIpc) is 2.15. The van der Waals surface area contributed by atoms with Gasteiger partial charge in [-0.2, -0.15) is 0 Å². The number of halogens is 1. The van der Waals surface area contributed by atoms with Gasteiger partial charge in [-0.1, -0.05) is 0 Å². The second kappa shape index (κ2) is 4.75. The van der Waals surface area contributed by atoms with E-state index in [9.17, 15) is 13.2 Å². The van der Waals surface area contributed by atoms with Crippen molar-refractivity contribution in [2.75, 3.05) is 0 Å². The molecule has 0 aliphatic heterocycles. The van der Waals surface area contributed by atoms with Crippen LogP contribution in [0.25, 0.3) is 0 Å². The molecule has 1 aromatic carbocycles. The number of hydrogen-bond donors (Lipinski definition) is 2. The van der Waals surface area contributed by atoms with Gasteiger partial charge in [-0.25, -0.2) is 0 Å². The van der Waals surface area contributed by atoms with E-state index in [2.05, 4.69) is 0 Å². The predicted octanol–water partition coefficient (Wildman–Crippen LogP) is 0.0632. The first-order valence-corrected chi connectivity index (χ1v) is 8.70. The fourth-order valence-electron chi connectivity index (χ4n) is 1.08. The van der Waals surface area contributed by atoms with E-state index in [1.165, 1.54) is 6.07 Å². The quantitative estimate of drug-likeness (QED) is 0.768. The number of nitrogens with two attached hydrogens (primary N) is 1. The first-order valence-electron chi connectivity index (χ1n) is 3.97. The van der Waals surface area contributed by atoms with E-state index in [1.807, 2.05) is 5.71 Å². The molecule has 5 nitrogen and oxygen atoms in total. The van der Waals surface area contributed by atoms with Crippen molar-refractivity contribution in [3.8, 4) is 0 Å². The van der Waals surface area contributed by atoms with E-state index in [-0.39, 0.29) is 15.5 Å². The number of hydrogen-bond acceptors (Lipinski definition) is 3. The van der Waals surface area contributed by atoms with Crippen molar-refractivity contribution in [3.05, 3.63) is 22.7 Å². The van der Waals surface area contributed by atoms with E-state index >= 15 is 0 Å². The second-order valence-corrected chi connectivity index (χ2v) is 6.74. The van der Waals surface area contributed by atoms with Crippen LogP contribution in [0.5, 0.6) is 0 Å². The molecule has 1 aromatic rings. The molecule has 0 spiro atoms. The van der Waals surface area contributed by atoms with Crippen LogP contribution in [0.15, 0.2) is 17.0 Å². The minimum atomic E-state index is -4.00. The van der Waals surface area contributed by atoms with E-state index in [0.717, 1.165) is 6.07 Å². The second-order valence-electron chi connectivity index (χ2n) is 2.88. The molecule has 0 aromatic heterocycles. The number of aromatic carboxylic acids is 1. The Hall–Kier alpha value is -0.552. The summed E-state index contributed by atoms with van der Waals surface area (Å²) in [5.41, 5.74) is 1.71. The van der Waals surface area contributed by atoms with Gasteiger partial charge in [0.15, 0.2) is 0 Å². The summed E-state index contributed by atoms with van der Waals surface area (Å²) in [4.78, 5) is 10.5. The Balaban J connectivity index is 3.61. The Kier molecular flexibility index (Phi) is 4.01. The molecule has 0 atom stereocenters. The van der Waals surface area contributed by atoms with Crippen molar-refractivity contribution in [2.45, 2.75) is 10.6 Å². The van der Waals surface area contributed by atoms with Gasteiger partial charge in [0, 0.05) is 0 Å². The molecule has 8 heteroatoms. The van der Waals surface area contributed by atoms with Gasteiger partial charge in [0.25, 0.3) is 0 Å². The molecule has 0 bridgehead atoms. The number of primary sulfonamides is 1. The summed E-state index contributed by atoms with van der Waals surface area (Å²) in [5.74, 6) is -1.21. The zero-order valence-electron chi connectivity index (χ0n) is 8.14. The van der Waals surface area contributed by atoms with Crippen molar-refractivity contribution in [1.29, 1.82) is 0 Å². The van der Waals surface area contributed by atoms with Gasteiger partial charge in [-0.15, -0.1) is 0 Å². The molecule has 1 radical (unpaired) electrons. The number of benzene rings is 1. The van der Waals surface area contributed by atoms with Crippen molar-refractivity contribution in [1.82, 2.24) is 0 Å². The minimum absolute atomic E-state index is 0.0231. The van der Waals surface area contributed by atoms with Gasteiger partial charge in [-0.05, 0) is 0 Å². The van der Waals surface area contributed by atoms with Crippen LogP contribution in [0.2, 0.25) is 10.7 Å². The average molecular weight is 325 g/mol. The van der Waals surface area contributed by atoms with Crippen LogP contribution in [0.3, 0.4) is 0 Å². The molecule has 0 aliphatic carbocycles. The van der Waals surface area contributed by atoms with Crippen LogP contribution in [0.4, 0.5) is 0 Å². The predicted molar refractivity (Wildman–Crippen MR) is 61.0 cm³/mol. The third-order valence-electron chi connectivity index (χ3n) is 1.81. The van der Waals surface area contributed by atoms with Crippen LogP contribution in [0.1, 0.15) is 10.4 Å². The summed E-state index contributed by atoms with van der Waals surface area (Å²) in [5, 5.41) is 13.8. The molecule has 0 heterocycles.